The van der Waals surface area contributed by atoms with Crippen LogP contribution in [0.1, 0.15) is 43.7 Å². The van der Waals surface area contributed by atoms with Gasteiger partial charge in [-0.05, 0) is 12.8 Å². The number of aryl methyl sites for hydroxylation is 1. The van der Waals surface area contributed by atoms with Crippen LogP contribution in [0, 0.1) is 0 Å². The second-order valence-corrected chi connectivity index (χ2v) is 3.61. The van der Waals surface area contributed by atoms with Crippen molar-refractivity contribution >= 4 is 5.78 Å². The van der Waals surface area contributed by atoms with Gasteiger partial charge >= 0.3 is 0 Å². The van der Waals surface area contributed by atoms with E-state index < -0.39 is 6.10 Å². The predicted octanol–water partition coefficient (Wildman–Crippen LogP) is 1.64. The molecule has 0 spiro atoms. The fraction of sp³-hybridized carbons (Fsp3) is 0.636. The van der Waals surface area contributed by atoms with Crippen LogP contribution in [-0.2, 0) is 6.54 Å². The lowest BCUT2D eigenvalue weighted by Crippen LogP contribution is -2.24. The van der Waals surface area contributed by atoms with Crippen LogP contribution in [-0.4, -0.2) is 26.5 Å². The Morgan fingerprint density at radius 1 is 1.53 bits per heavy atom. The number of aromatic nitrogens is 2. The molecular weight excluding hydrogens is 192 g/mol. The Balaban J connectivity index is 2.76. The SMILES string of the molecule is CCCC(O)C(=O)c1nccn1CCC. The summed E-state index contributed by atoms with van der Waals surface area (Å²) in [5, 5.41) is 9.58. The molecule has 4 heteroatoms. The summed E-state index contributed by atoms with van der Waals surface area (Å²) in [4.78, 5) is 15.7. The lowest BCUT2D eigenvalue weighted by molar-refractivity contribution is 0.0713. The predicted molar refractivity (Wildman–Crippen MR) is 57.8 cm³/mol. The molecule has 1 unspecified atom stereocenters. The van der Waals surface area contributed by atoms with Crippen molar-refractivity contribution in [3.63, 3.8) is 0 Å². The lowest BCUT2D eigenvalue weighted by Gasteiger charge is -2.09. The third-order valence-electron chi connectivity index (χ3n) is 2.27. The number of rotatable bonds is 6. The van der Waals surface area contributed by atoms with E-state index in [1.54, 1.807) is 17.0 Å². The molecule has 0 saturated carbocycles. The second-order valence-electron chi connectivity index (χ2n) is 3.61. The fourth-order valence-electron chi connectivity index (χ4n) is 1.51. The number of carbonyl (C=O) groups excluding carboxylic acids is 1. The molecule has 1 atom stereocenters. The van der Waals surface area contributed by atoms with E-state index in [0.717, 1.165) is 19.4 Å². The molecule has 0 fully saturated rings. The van der Waals surface area contributed by atoms with Gasteiger partial charge in [-0.1, -0.05) is 20.3 Å². The lowest BCUT2D eigenvalue weighted by atomic mass is 10.1. The van der Waals surface area contributed by atoms with Crippen molar-refractivity contribution in [2.45, 2.75) is 45.8 Å². The normalized spacial score (nSPS) is 12.7. The van der Waals surface area contributed by atoms with Crippen molar-refractivity contribution in [1.82, 2.24) is 9.55 Å². The number of nitrogens with zero attached hydrogens (tertiary/aromatic N) is 2. The van der Waals surface area contributed by atoms with E-state index in [2.05, 4.69) is 4.98 Å². The van der Waals surface area contributed by atoms with Gasteiger partial charge < -0.3 is 9.67 Å². The average Bonchev–Trinajstić information content (AvgIpc) is 2.66. The highest BCUT2D eigenvalue weighted by molar-refractivity contribution is 5.96. The van der Waals surface area contributed by atoms with Gasteiger partial charge in [-0.25, -0.2) is 4.98 Å². The highest BCUT2D eigenvalue weighted by Crippen LogP contribution is 2.07. The number of ketones is 1. The largest absolute Gasteiger partial charge is 0.385 e. The van der Waals surface area contributed by atoms with Gasteiger partial charge in [0.05, 0.1) is 0 Å². The summed E-state index contributed by atoms with van der Waals surface area (Å²) in [6, 6.07) is 0. The first-order valence-electron chi connectivity index (χ1n) is 5.44. The molecule has 1 aromatic heterocycles. The molecule has 0 amide bonds. The van der Waals surface area contributed by atoms with Gasteiger partial charge in [0, 0.05) is 18.9 Å². The topological polar surface area (TPSA) is 55.1 Å². The third kappa shape index (κ3) is 2.89. The van der Waals surface area contributed by atoms with Crippen molar-refractivity contribution in [1.29, 1.82) is 0 Å². The van der Waals surface area contributed by atoms with Crippen LogP contribution in [0.2, 0.25) is 0 Å². The summed E-state index contributed by atoms with van der Waals surface area (Å²) in [5.41, 5.74) is 0. The highest BCUT2D eigenvalue weighted by Gasteiger charge is 2.20. The van der Waals surface area contributed by atoms with Gasteiger partial charge in [0.1, 0.15) is 6.10 Å². The van der Waals surface area contributed by atoms with Crippen molar-refractivity contribution in [3.05, 3.63) is 18.2 Å². The van der Waals surface area contributed by atoms with E-state index in [9.17, 15) is 9.90 Å². The zero-order valence-electron chi connectivity index (χ0n) is 9.31. The first kappa shape index (κ1) is 11.9. The Kier molecular flexibility index (Phi) is 4.49. The summed E-state index contributed by atoms with van der Waals surface area (Å²) in [5.74, 6) is 0.105. The van der Waals surface area contributed by atoms with Crippen molar-refractivity contribution in [2.75, 3.05) is 0 Å². The Morgan fingerprint density at radius 2 is 2.27 bits per heavy atom. The number of imidazole rings is 1. The zero-order chi connectivity index (χ0) is 11.3. The molecule has 1 heterocycles. The van der Waals surface area contributed by atoms with E-state index in [-0.39, 0.29) is 5.78 Å². The first-order chi connectivity index (χ1) is 7.20. The molecule has 1 N–H and O–H groups in total. The maximum atomic E-state index is 11.8. The molecule has 84 valence electrons. The quantitative estimate of drug-likeness (QED) is 0.726. The van der Waals surface area contributed by atoms with Gasteiger partial charge in [0.2, 0.25) is 5.78 Å². The van der Waals surface area contributed by atoms with Crippen molar-refractivity contribution < 1.29 is 9.90 Å². The van der Waals surface area contributed by atoms with Crippen LogP contribution in [0.25, 0.3) is 0 Å². The molecule has 1 rings (SSSR count). The Hall–Kier alpha value is -1.16. The van der Waals surface area contributed by atoms with Crippen molar-refractivity contribution in [3.8, 4) is 0 Å². The molecule has 1 aromatic rings. The van der Waals surface area contributed by atoms with E-state index in [1.165, 1.54) is 0 Å². The van der Waals surface area contributed by atoms with Crippen LogP contribution in [0.5, 0.6) is 0 Å². The van der Waals surface area contributed by atoms with Gasteiger partial charge in [0.15, 0.2) is 5.82 Å². The van der Waals surface area contributed by atoms with Gasteiger partial charge in [-0.15, -0.1) is 0 Å². The Labute approximate surface area is 89.9 Å². The van der Waals surface area contributed by atoms with Gasteiger partial charge in [0.25, 0.3) is 0 Å². The summed E-state index contributed by atoms with van der Waals surface area (Å²) >= 11 is 0. The van der Waals surface area contributed by atoms with Gasteiger partial charge in [-0.3, -0.25) is 4.79 Å². The molecule has 0 aromatic carbocycles. The van der Waals surface area contributed by atoms with E-state index in [1.807, 2.05) is 13.8 Å². The second kappa shape index (κ2) is 5.66. The number of Topliss-reactive ketones (excluding diaryl/α,β-unsaturated/α-hetero) is 1. The van der Waals surface area contributed by atoms with Crippen LogP contribution < -0.4 is 0 Å². The van der Waals surface area contributed by atoms with E-state index >= 15 is 0 Å². The maximum absolute atomic E-state index is 11.8. The molecule has 15 heavy (non-hydrogen) atoms. The van der Waals surface area contributed by atoms with Crippen LogP contribution in [0.3, 0.4) is 0 Å². The third-order valence-corrected chi connectivity index (χ3v) is 2.27. The number of aliphatic hydroxyl groups is 1. The Morgan fingerprint density at radius 3 is 2.87 bits per heavy atom. The number of aliphatic hydroxyl groups excluding tert-OH is 1. The minimum Gasteiger partial charge on any atom is -0.385 e. The molecule has 0 radical (unpaired) electrons. The molecule has 0 aliphatic carbocycles. The van der Waals surface area contributed by atoms with Crippen LogP contribution in [0.15, 0.2) is 12.4 Å². The van der Waals surface area contributed by atoms with Crippen LogP contribution in [0.4, 0.5) is 0 Å². The summed E-state index contributed by atoms with van der Waals surface area (Å²) in [7, 11) is 0. The number of carbonyl (C=O) groups is 1. The smallest absolute Gasteiger partial charge is 0.226 e. The first-order valence-corrected chi connectivity index (χ1v) is 5.44. The molecule has 0 bridgehead atoms. The maximum Gasteiger partial charge on any atom is 0.226 e. The van der Waals surface area contributed by atoms with E-state index in [4.69, 9.17) is 0 Å². The fourth-order valence-corrected chi connectivity index (χ4v) is 1.51. The average molecular weight is 210 g/mol. The Bertz CT molecular complexity index is 320. The summed E-state index contributed by atoms with van der Waals surface area (Å²) in [6.45, 7) is 4.74. The highest BCUT2D eigenvalue weighted by atomic mass is 16.3. The van der Waals surface area contributed by atoms with Gasteiger partial charge in [-0.2, -0.15) is 0 Å². The summed E-state index contributed by atoms with van der Waals surface area (Å²) < 4.78 is 1.79. The number of hydrogen-bond acceptors (Lipinski definition) is 3. The minimum atomic E-state index is -0.909. The zero-order valence-corrected chi connectivity index (χ0v) is 9.31. The molecular formula is C11H18N2O2. The summed E-state index contributed by atoms with van der Waals surface area (Å²) in [6.07, 6.45) is 4.70. The molecule has 0 saturated heterocycles. The minimum absolute atomic E-state index is 0.268. The number of hydrogen-bond donors (Lipinski definition) is 1. The van der Waals surface area contributed by atoms with Crippen molar-refractivity contribution in [2.24, 2.45) is 0 Å². The molecule has 0 aliphatic heterocycles. The monoisotopic (exact) mass is 210 g/mol. The van der Waals surface area contributed by atoms with Crippen LogP contribution >= 0.6 is 0 Å². The standard InChI is InChI=1S/C11H18N2O2/c1-3-5-9(14)10(15)11-12-6-8-13(11)7-4-2/h6,8-9,14H,3-5,7H2,1-2H3. The molecule has 4 nitrogen and oxygen atoms in total. The molecule has 0 aliphatic rings. The van der Waals surface area contributed by atoms with E-state index in [0.29, 0.717) is 12.2 Å².